The normalized spacial score (nSPS) is 13.7. The van der Waals surface area contributed by atoms with Gasteiger partial charge in [-0.25, -0.2) is 18.1 Å². The number of anilines is 1. The Labute approximate surface area is 147 Å². The largest absolute Gasteiger partial charge is 0.337 e. The maximum atomic E-state index is 12.3. The van der Waals surface area contributed by atoms with Gasteiger partial charge in [-0.3, -0.25) is 4.79 Å². The Balaban J connectivity index is 1.40. The molecule has 2 N–H and O–H groups in total. The van der Waals surface area contributed by atoms with Gasteiger partial charge in [-0.05, 0) is 36.6 Å². The third-order valence-electron chi connectivity index (χ3n) is 4.21. The van der Waals surface area contributed by atoms with Crippen LogP contribution in [0.1, 0.15) is 31.2 Å². The van der Waals surface area contributed by atoms with Crippen molar-refractivity contribution in [2.45, 2.75) is 43.5 Å². The fourth-order valence-electron chi connectivity index (χ4n) is 2.85. The van der Waals surface area contributed by atoms with Crippen LogP contribution >= 0.6 is 0 Å². The molecule has 0 radical (unpaired) electrons. The van der Waals surface area contributed by atoms with E-state index in [1.54, 1.807) is 24.7 Å². The molecule has 134 valence electrons. The van der Waals surface area contributed by atoms with Crippen molar-refractivity contribution in [3.8, 4) is 0 Å². The van der Waals surface area contributed by atoms with Crippen LogP contribution in [-0.2, 0) is 27.8 Å². The molecule has 0 saturated heterocycles. The Hall–Kier alpha value is -2.19. The number of nitrogens with one attached hydrogen (secondary N) is 2. The first-order chi connectivity index (χ1) is 12.0. The van der Waals surface area contributed by atoms with Gasteiger partial charge in [0.1, 0.15) is 0 Å². The molecule has 0 atom stereocenters. The summed E-state index contributed by atoms with van der Waals surface area (Å²) in [6, 6.07) is 4.74. The highest BCUT2D eigenvalue weighted by Gasteiger charge is 2.21. The number of hydrogen-bond acceptors (Lipinski definition) is 4. The number of fused-ring (bicyclic) bond motifs is 1. The van der Waals surface area contributed by atoms with Gasteiger partial charge in [0.15, 0.2) is 0 Å². The summed E-state index contributed by atoms with van der Waals surface area (Å²) in [6.45, 7) is 1.36. The molecule has 0 spiro atoms. The zero-order valence-corrected chi connectivity index (χ0v) is 14.8. The molecule has 7 nitrogen and oxygen atoms in total. The predicted molar refractivity (Wildman–Crippen MR) is 94.7 cm³/mol. The van der Waals surface area contributed by atoms with Gasteiger partial charge in [0, 0.05) is 31.2 Å². The molecular formula is C17H22N4O3S. The number of amides is 1. The van der Waals surface area contributed by atoms with Crippen LogP contribution < -0.4 is 10.0 Å². The third kappa shape index (κ3) is 4.67. The average molecular weight is 362 g/mol. The van der Waals surface area contributed by atoms with Gasteiger partial charge in [-0.2, -0.15) is 0 Å². The highest BCUT2D eigenvalue weighted by Crippen LogP contribution is 2.25. The van der Waals surface area contributed by atoms with E-state index in [2.05, 4.69) is 15.0 Å². The number of nitrogens with zero attached hydrogens (tertiary/aromatic N) is 2. The molecule has 0 fully saturated rings. The maximum Gasteiger partial charge on any atom is 0.240 e. The van der Waals surface area contributed by atoms with E-state index in [0.29, 0.717) is 12.2 Å². The fraction of sp³-hybridized carbons (Fsp3) is 0.412. The molecule has 3 rings (SSSR count). The van der Waals surface area contributed by atoms with Gasteiger partial charge in [-0.15, -0.1) is 0 Å². The smallest absolute Gasteiger partial charge is 0.240 e. The molecule has 0 aliphatic carbocycles. The Morgan fingerprint density at radius 2 is 2.04 bits per heavy atom. The van der Waals surface area contributed by atoms with Crippen molar-refractivity contribution < 1.29 is 13.2 Å². The second-order valence-corrected chi connectivity index (χ2v) is 7.92. The van der Waals surface area contributed by atoms with Gasteiger partial charge in [0.2, 0.25) is 15.9 Å². The first kappa shape index (κ1) is 17.6. The van der Waals surface area contributed by atoms with E-state index in [9.17, 15) is 13.2 Å². The molecule has 1 amide bonds. The van der Waals surface area contributed by atoms with Crippen LogP contribution in [0.25, 0.3) is 0 Å². The Morgan fingerprint density at radius 3 is 2.84 bits per heavy atom. The molecule has 0 bridgehead atoms. The van der Waals surface area contributed by atoms with E-state index in [1.807, 2.05) is 10.8 Å². The molecule has 0 saturated carbocycles. The summed E-state index contributed by atoms with van der Waals surface area (Å²) in [5, 5.41) is 2.70. The molecule has 1 aromatic carbocycles. The first-order valence-corrected chi connectivity index (χ1v) is 9.91. The number of aryl methyl sites for hydroxylation is 1. The van der Waals surface area contributed by atoms with Gasteiger partial charge in [0.25, 0.3) is 0 Å². The van der Waals surface area contributed by atoms with Crippen LogP contribution in [0.3, 0.4) is 0 Å². The molecule has 1 aliphatic rings. The van der Waals surface area contributed by atoms with Crippen molar-refractivity contribution in [1.82, 2.24) is 14.3 Å². The van der Waals surface area contributed by atoms with Crippen LogP contribution in [-0.4, -0.2) is 30.4 Å². The van der Waals surface area contributed by atoms with E-state index in [-0.39, 0.29) is 17.2 Å². The summed E-state index contributed by atoms with van der Waals surface area (Å²) in [4.78, 5) is 15.6. The van der Waals surface area contributed by atoms with Crippen molar-refractivity contribution >= 4 is 21.6 Å². The van der Waals surface area contributed by atoms with Crippen LogP contribution in [0.4, 0.5) is 5.69 Å². The van der Waals surface area contributed by atoms with Crippen LogP contribution in [0, 0.1) is 0 Å². The standard InChI is InChI=1S/C17H22N4O3S/c22-17-12-14-11-15(5-6-16(14)20-17)25(23,24)19-7-3-1-2-4-9-21-10-8-18-13-21/h5-6,8,10-11,13,19H,1-4,7,9,12H2,(H,20,22). The predicted octanol–water partition coefficient (Wildman–Crippen LogP) is 1.92. The maximum absolute atomic E-state index is 12.3. The third-order valence-corrected chi connectivity index (χ3v) is 5.67. The topological polar surface area (TPSA) is 93.1 Å². The van der Waals surface area contributed by atoms with E-state index in [4.69, 9.17) is 0 Å². The highest BCUT2D eigenvalue weighted by atomic mass is 32.2. The monoisotopic (exact) mass is 362 g/mol. The lowest BCUT2D eigenvalue weighted by molar-refractivity contribution is -0.115. The summed E-state index contributed by atoms with van der Waals surface area (Å²) in [6.07, 6.45) is 9.60. The summed E-state index contributed by atoms with van der Waals surface area (Å²) >= 11 is 0. The summed E-state index contributed by atoms with van der Waals surface area (Å²) in [5.41, 5.74) is 1.43. The zero-order valence-electron chi connectivity index (χ0n) is 13.9. The Morgan fingerprint density at radius 1 is 1.20 bits per heavy atom. The number of unbranched alkanes of at least 4 members (excludes halogenated alkanes) is 3. The molecule has 8 heteroatoms. The van der Waals surface area contributed by atoms with E-state index < -0.39 is 10.0 Å². The second-order valence-electron chi connectivity index (χ2n) is 6.16. The van der Waals surface area contributed by atoms with Crippen LogP contribution in [0.5, 0.6) is 0 Å². The van der Waals surface area contributed by atoms with Crippen molar-refractivity contribution in [3.05, 3.63) is 42.5 Å². The number of benzene rings is 1. The van der Waals surface area contributed by atoms with Gasteiger partial charge < -0.3 is 9.88 Å². The average Bonchev–Trinajstić information content (AvgIpc) is 3.21. The summed E-state index contributed by atoms with van der Waals surface area (Å²) in [5.74, 6) is -0.104. The minimum atomic E-state index is -3.53. The van der Waals surface area contributed by atoms with Gasteiger partial charge in [-0.1, -0.05) is 12.8 Å². The number of carbonyl (C=O) groups is 1. The van der Waals surface area contributed by atoms with E-state index >= 15 is 0 Å². The zero-order chi connectivity index (χ0) is 17.7. The second kappa shape index (κ2) is 7.79. The van der Waals surface area contributed by atoms with E-state index in [1.165, 1.54) is 6.07 Å². The molecule has 1 aromatic heterocycles. The number of hydrogen-bond donors (Lipinski definition) is 2. The number of aromatic nitrogens is 2. The van der Waals surface area contributed by atoms with Crippen molar-refractivity contribution in [3.63, 3.8) is 0 Å². The first-order valence-electron chi connectivity index (χ1n) is 8.43. The lowest BCUT2D eigenvalue weighted by Crippen LogP contribution is -2.24. The van der Waals surface area contributed by atoms with Gasteiger partial charge in [0.05, 0.1) is 17.6 Å². The molecule has 25 heavy (non-hydrogen) atoms. The summed E-state index contributed by atoms with van der Waals surface area (Å²) < 4.78 is 29.3. The highest BCUT2D eigenvalue weighted by molar-refractivity contribution is 7.89. The molecular weight excluding hydrogens is 340 g/mol. The van der Waals surface area contributed by atoms with Crippen molar-refractivity contribution in [2.24, 2.45) is 0 Å². The number of sulfonamides is 1. The fourth-order valence-corrected chi connectivity index (χ4v) is 3.98. The summed E-state index contributed by atoms with van der Waals surface area (Å²) in [7, 11) is -3.53. The van der Waals surface area contributed by atoms with Crippen molar-refractivity contribution in [1.29, 1.82) is 0 Å². The minimum Gasteiger partial charge on any atom is -0.337 e. The molecule has 1 aliphatic heterocycles. The van der Waals surface area contributed by atoms with Gasteiger partial charge >= 0.3 is 0 Å². The number of imidazole rings is 1. The minimum absolute atomic E-state index is 0.104. The SMILES string of the molecule is O=C1Cc2cc(S(=O)(=O)NCCCCCCn3ccnc3)ccc2N1. The van der Waals surface area contributed by atoms with E-state index in [0.717, 1.165) is 37.8 Å². The lowest BCUT2D eigenvalue weighted by atomic mass is 10.2. The lowest BCUT2D eigenvalue weighted by Gasteiger charge is -2.08. The van der Waals surface area contributed by atoms with Crippen molar-refractivity contribution in [2.75, 3.05) is 11.9 Å². The molecule has 0 unspecified atom stereocenters. The Kier molecular flexibility index (Phi) is 5.50. The quantitative estimate of drug-likeness (QED) is 0.667. The molecule has 2 heterocycles. The van der Waals surface area contributed by atoms with Crippen LogP contribution in [0.2, 0.25) is 0 Å². The molecule has 2 aromatic rings. The number of carbonyl (C=O) groups excluding carboxylic acids is 1. The number of rotatable bonds is 9. The van der Waals surface area contributed by atoms with Crippen LogP contribution in [0.15, 0.2) is 41.8 Å². The Bertz CT molecular complexity index is 832.